The van der Waals surface area contributed by atoms with Crippen molar-refractivity contribution in [1.29, 1.82) is 0 Å². The minimum absolute atomic E-state index is 0.0391. The van der Waals surface area contributed by atoms with E-state index in [0.717, 1.165) is 23.4 Å². The molecule has 0 aliphatic heterocycles. The van der Waals surface area contributed by atoms with Gasteiger partial charge in [0.2, 0.25) is 0 Å². The third kappa shape index (κ3) is 2.81. The second-order valence-corrected chi connectivity index (χ2v) is 6.12. The molecule has 0 aliphatic rings. The van der Waals surface area contributed by atoms with Gasteiger partial charge in [0.1, 0.15) is 0 Å². The summed E-state index contributed by atoms with van der Waals surface area (Å²) in [6.07, 6.45) is 0.840. The monoisotopic (exact) mass is 298 g/mol. The van der Waals surface area contributed by atoms with Gasteiger partial charge in [0.15, 0.2) is 0 Å². The van der Waals surface area contributed by atoms with Crippen LogP contribution in [0.1, 0.15) is 28.6 Å². The van der Waals surface area contributed by atoms with E-state index in [1.807, 2.05) is 13.8 Å². The fourth-order valence-corrected chi connectivity index (χ4v) is 3.57. The van der Waals surface area contributed by atoms with Crippen LogP contribution in [0.2, 0.25) is 0 Å². The number of aryl methyl sites for hydroxylation is 2. The first-order valence-corrected chi connectivity index (χ1v) is 7.79. The molecule has 3 rings (SSSR count). The molecule has 1 aromatic carbocycles. The van der Waals surface area contributed by atoms with Crippen LogP contribution in [0.5, 0.6) is 0 Å². The Kier molecular flexibility index (Phi) is 3.96. The number of nitrogens with two attached hydrogens (primary N) is 1. The highest BCUT2D eigenvalue weighted by Gasteiger charge is 2.16. The number of benzene rings is 1. The average Bonchev–Trinajstić information content (AvgIpc) is 2.91. The summed E-state index contributed by atoms with van der Waals surface area (Å²) in [4.78, 5) is 0. The molecule has 0 saturated carbocycles. The summed E-state index contributed by atoms with van der Waals surface area (Å²) in [6, 6.07) is 10.6. The van der Waals surface area contributed by atoms with Crippen molar-refractivity contribution in [1.82, 2.24) is 15.6 Å². The van der Waals surface area contributed by atoms with E-state index in [4.69, 9.17) is 5.84 Å². The lowest BCUT2D eigenvalue weighted by Gasteiger charge is -2.18. The molecule has 0 amide bonds. The van der Waals surface area contributed by atoms with Crippen molar-refractivity contribution in [3.8, 4) is 0 Å². The van der Waals surface area contributed by atoms with Gasteiger partial charge in [-0.3, -0.25) is 11.3 Å². The molecule has 3 aromatic rings. The smallest absolute Gasteiger partial charge is 0.0648 e. The fraction of sp³-hybridized carbons (Fsp3) is 0.250. The topological polar surface area (TPSA) is 63.8 Å². The number of nitrogens with one attached hydrogen (secondary N) is 1. The molecule has 0 fully saturated rings. The molecule has 21 heavy (non-hydrogen) atoms. The Balaban J connectivity index is 1.96. The van der Waals surface area contributed by atoms with Gasteiger partial charge < -0.3 is 0 Å². The summed E-state index contributed by atoms with van der Waals surface area (Å²) < 4.78 is 1.31. The largest absolute Gasteiger partial charge is 0.271 e. The van der Waals surface area contributed by atoms with Crippen LogP contribution in [0.15, 0.2) is 35.7 Å². The van der Waals surface area contributed by atoms with Crippen molar-refractivity contribution in [2.75, 3.05) is 0 Å². The number of thiophene rings is 1. The summed E-state index contributed by atoms with van der Waals surface area (Å²) in [5.74, 6) is 5.79. The summed E-state index contributed by atoms with van der Waals surface area (Å²) in [6.45, 7) is 3.92. The van der Waals surface area contributed by atoms with Crippen molar-refractivity contribution in [3.05, 3.63) is 58.2 Å². The van der Waals surface area contributed by atoms with E-state index in [1.54, 1.807) is 11.3 Å². The molecule has 0 bridgehead atoms. The lowest BCUT2D eigenvalue weighted by atomic mass is 9.98. The maximum atomic E-state index is 5.79. The van der Waals surface area contributed by atoms with E-state index in [0.29, 0.717) is 0 Å². The zero-order valence-corrected chi connectivity index (χ0v) is 12.9. The zero-order valence-electron chi connectivity index (χ0n) is 12.1. The van der Waals surface area contributed by atoms with Crippen LogP contribution in [0.3, 0.4) is 0 Å². The van der Waals surface area contributed by atoms with Crippen molar-refractivity contribution >= 4 is 21.4 Å². The number of hydrazine groups is 1. The fourth-order valence-electron chi connectivity index (χ4n) is 2.59. The Bertz CT molecular complexity index is 766. The highest BCUT2D eigenvalue weighted by atomic mass is 32.1. The van der Waals surface area contributed by atoms with E-state index in [9.17, 15) is 0 Å². The van der Waals surface area contributed by atoms with Gasteiger partial charge in [-0.2, -0.15) is 10.2 Å². The van der Waals surface area contributed by atoms with Gasteiger partial charge in [-0.1, -0.05) is 18.2 Å². The van der Waals surface area contributed by atoms with Crippen molar-refractivity contribution in [2.24, 2.45) is 5.84 Å². The van der Waals surface area contributed by atoms with E-state index >= 15 is 0 Å². The second kappa shape index (κ2) is 5.89. The Morgan fingerprint density at radius 3 is 2.86 bits per heavy atom. The van der Waals surface area contributed by atoms with Crippen LogP contribution in [0.25, 0.3) is 10.1 Å². The average molecular weight is 298 g/mol. The first-order valence-electron chi connectivity index (χ1n) is 6.91. The molecule has 108 valence electrons. The van der Waals surface area contributed by atoms with Crippen LogP contribution in [-0.4, -0.2) is 10.2 Å². The SMILES string of the molecule is Cc1cc(C(Cc2csc3ccccc23)NN)c(C)nn1. The highest BCUT2D eigenvalue weighted by Crippen LogP contribution is 2.29. The first-order chi connectivity index (χ1) is 10.2. The number of fused-ring (bicyclic) bond motifs is 1. The van der Waals surface area contributed by atoms with E-state index in [1.165, 1.54) is 15.6 Å². The molecular weight excluding hydrogens is 280 g/mol. The summed E-state index contributed by atoms with van der Waals surface area (Å²) >= 11 is 1.77. The maximum absolute atomic E-state index is 5.79. The van der Waals surface area contributed by atoms with Crippen molar-refractivity contribution < 1.29 is 0 Å². The van der Waals surface area contributed by atoms with E-state index in [-0.39, 0.29) is 6.04 Å². The first kappa shape index (κ1) is 14.1. The summed E-state index contributed by atoms with van der Waals surface area (Å²) in [7, 11) is 0. The number of hydrogen-bond acceptors (Lipinski definition) is 5. The van der Waals surface area contributed by atoms with Crippen LogP contribution >= 0.6 is 11.3 Å². The molecular formula is C16H18N4S. The van der Waals surface area contributed by atoms with Gasteiger partial charge >= 0.3 is 0 Å². The molecule has 1 unspecified atom stereocenters. The molecule has 2 heterocycles. The number of rotatable bonds is 4. The second-order valence-electron chi connectivity index (χ2n) is 5.21. The predicted molar refractivity (Wildman–Crippen MR) is 87.1 cm³/mol. The number of hydrogen-bond donors (Lipinski definition) is 2. The molecule has 0 saturated heterocycles. The Hall–Kier alpha value is -1.82. The molecule has 1 atom stereocenters. The zero-order chi connectivity index (χ0) is 14.8. The molecule has 0 spiro atoms. The molecule has 3 N–H and O–H groups in total. The van der Waals surface area contributed by atoms with Gasteiger partial charge in [0, 0.05) is 4.70 Å². The van der Waals surface area contributed by atoms with Crippen LogP contribution in [0, 0.1) is 13.8 Å². The molecule has 4 nitrogen and oxygen atoms in total. The quantitative estimate of drug-likeness (QED) is 0.574. The van der Waals surface area contributed by atoms with Crippen LogP contribution < -0.4 is 11.3 Å². The normalized spacial score (nSPS) is 12.7. The van der Waals surface area contributed by atoms with Gasteiger partial charge in [-0.05, 0) is 54.3 Å². The minimum atomic E-state index is 0.0391. The number of aromatic nitrogens is 2. The Morgan fingerprint density at radius 1 is 1.24 bits per heavy atom. The molecule has 5 heteroatoms. The van der Waals surface area contributed by atoms with Gasteiger partial charge in [0.25, 0.3) is 0 Å². The van der Waals surface area contributed by atoms with Crippen LogP contribution in [0.4, 0.5) is 0 Å². The minimum Gasteiger partial charge on any atom is -0.271 e. The third-order valence-electron chi connectivity index (χ3n) is 3.70. The summed E-state index contributed by atoms with van der Waals surface area (Å²) in [5.41, 5.74) is 7.18. The van der Waals surface area contributed by atoms with E-state index < -0.39 is 0 Å². The third-order valence-corrected chi connectivity index (χ3v) is 4.71. The standard InChI is InChI=1S/C16H18N4S/c1-10-7-14(11(2)20-19-10)15(18-17)8-12-9-21-16-6-4-3-5-13(12)16/h3-7,9,15,18H,8,17H2,1-2H3. The van der Waals surface area contributed by atoms with Crippen LogP contribution in [-0.2, 0) is 6.42 Å². The van der Waals surface area contributed by atoms with E-state index in [2.05, 4.69) is 51.3 Å². The summed E-state index contributed by atoms with van der Waals surface area (Å²) in [5, 5.41) is 11.8. The molecule has 2 aromatic heterocycles. The van der Waals surface area contributed by atoms with Gasteiger partial charge in [0.05, 0.1) is 17.4 Å². The lowest BCUT2D eigenvalue weighted by molar-refractivity contribution is 0.546. The number of nitrogens with zero attached hydrogens (tertiary/aromatic N) is 2. The Morgan fingerprint density at radius 2 is 2.05 bits per heavy atom. The van der Waals surface area contributed by atoms with Crippen molar-refractivity contribution in [2.45, 2.75) is 26.3 Å². The highest BCUT2D eigenvalue weighted by molar-refractivity contribution is 7.17. The van der Waals surface area contributed by atoms with Crippen molar-refractivity contribution in [3.63, 3.8) is 0 Å². The van der Waals surface area contributed by atoms with Gasteiger partial charge in [-0.25, -0.2) is 0 Å². The molecule has 0 aliphatic carbocycles. The Labute approximate surface area is 128 Å². The van der Waals surface area contributed by atoms with Gasteiger partial charge in [-0.15, -0.1) is 11.3 Å². The maximum Gasteiger partial charge on any atom is 0.0648 e. The predicted octanol–water partition coefficient (Wildman–Crippen LogP) is 3.06. The molecule has 0 radical (unpaired) electrons. The lowest BCUT2D eigenvalue weighted by Crippen LogP contribution is -2.30.